The van der Waals surface area contributed by atoms with E-state index in [1.54, 1.807) is 46.3 Å². The van der Waals surface area contributed by atoms with Gasteiger partial charge in [-0.2, -0.15) is 0 Å². The van der Waals surface area contributed by atoms with Gasteiger partial charge in [-0.15, -0.1) is 0 Å². The van der Waals surface area contributed by atoms with E-state index in [0.717, 1.165) is 0 Å². The highest BCUT2D eigenvalue weighted by Gasteiger charge is 2.44. The highest BCUT2D eigenvalue weighted by atomic mass is 35.5. The van der Waals surface area contributed by atoms with Gasteiger partial charge < -0.3 is 4.90 Å². The number of amides is 1. The van der Waals surface area contributed by atoms with E-state index in [0.29, 0.717) is 34.6 Å². The monoisotopic (exact) mass is 568 g/mol. The molecule has 0 aliphatic heterocycles. The topological polar surface area (TPSA) is 68.1 Å². The first-order valence-electron chi connectivity index (χ1n) is 12.2. The maximum Gasteiger partial charge on any atom is 0.274 e. The van der Waals surface area contributed by atoms with Crippen LogP contribution >= 0.6 is 23.2 Å². The van der Waals surface area contributed by atoms with Crippen LogP contribution in [-0.2, 0) is 0 Å². The molecule has 0 saturated heterocycles. The number of carbonyl (C=O) groups is 1. The first-order chi connectivity index (χ1) is 18.5. The van der Waals surface area contributed by atoms with Crippen LogP contribution in [0.3, 0.4) is 0 Å². The van der Waals surface area contributed by atoms with Crippen molar-refractivity contribution in [2.75, 3.05) is 14.1 Å². The van der Waals surface area contributed by atoms with Crippen LogP contribution in [0, 0.1) is 25.5 Å². The molecule has 4 aromatic rings. The summed E-state index contributed by atoms with van der Waals surface area (Å²) in [6.07, 6.45) is 3.55. The van der Waals surface area contributed by atoms with Gasteiger partial charge in [0, 0.05) is 43.7 Å². The number of hydrogen-bond acceptors (Lipinski definition) is 4. The number of pyridine rings is 3. The van der Waals surface area contributed by atoms with E-state index >= 15 is 4.39 Å². The summed E-state index contributed by atoms with van der Waals surface area (Å²) in [5.41, 5.74) is 2.57. The average Bonchev–Trinajstić information content (AvgIpc) is 3.67. The lowest BCUT2D eigenvalue weighted by Crippen LogP contribution is -2.23. The molecule has 1 saturated carbocycles. The highest BCUT2D eigenvalue weighted by molar-refractivity contribution is 6.31. The van der Waals surface area contributed by atoms with E-state index in [1.807, 2.05) is 6.07 Å². The summed E-state index contributed by atoms with van der Waals surface area (Å²) in [6.45, 7) is 3.56. The first kappa shape index (κ1) is 27.0. The van der Waals surface area contributed by atoms with Gasteiger partial charge in [0.05, 0.1) is 27.7 Å². The Hall–Kier alpha value is -3.62. The van der Waals surface area contributed by atoms with Crippen LogP contribution in [0.2, 0.25) is 10.0 Å². The zero-order valence-electron chi connectivity index (χ0n) is 21.6. The second-order valence-electron chi connectivity index (χ2n) is 9.89. The molecule has 1 aliphatic rings. The van der Waals surface area contributed by atoms with E-state index in [2.05, 4.69) is 9.97 Å². The van der Waals surface area contributed by atoms with Crippen LogP contribution in [0.5, 0.6) is 0 Å². The van der Waals surface area contributed by atoms with Crippen molar-refractivity contribution in [2.24, 2.45) is 0 Å². The minimum atomic E-state index is -0.696. The Morgan fingerprint density at radius 1 is 1.05 bits per heavy atom. The molecule has 6 nitrogen and oxygen atoms in total. The van der Waals surface area contributed by atoms with Gasteiger partial charge in [-0.3, -0.25) is 24.1 Å². The first-order valence-corrected chi connectivity index (χ1v) is 13.0. The maximum absolute atomic E-state index is 15.4. The lowest BCUT2D eigenvalue weighted by molar-refractivity contribution is 0.0823. The summed E-state index contributed by atoms with van der Waals surface area (Å²) >= 11 is 12.4. The number of aromatic nitrogens is 3. The molecule has 39 heavy (non-hydrogen) atoms. The Kier molecular flexibility index (Phi) is 7.03. The van der Waals surface area contributed by atoms with Gasteiger partial charge in [0.2, 0.25) is 0 Å². The predicted octanol–water partition coefficient (Wildman–Crippen LogP) is 6.47. The molecule has 2 atom stereocenters. The molecule has 0 bridgehead atoms. The summed E-state index contributed by atoms with van der Waals surface area (Å²) in [5.74, 6) is -2.01. The number of halogens is 4. The third kappa shape index (κ3) is 4.83. The van der Waals surface area contributed by atoms with Crippen LogP contribution in [0.15, 0.2) is 53.6 Å². The largest absolute Gasteiger partial charge is 0.345 e. The van der Waals surface area contributed by atoms with Crippen molar-refractivity contribution in [3.8, 4) is 16.9 Å². The molecule has 1 aromatic carbocycles. The van der Waals surface area contributed by atoms with Crippen molar-refractivity contribution >= 4 is 29.1 Å². The van der Waals surface area contributed by atoms with E-state index in [-0.39, 0.29) is 38.7 Å². The molecule has 1 fully saturated rings. The van der Waals surface area contributed by atoms with Crippen LogP contribution in [-0.4, -0.2) is 39.4 Å². The Morgan fingerprint density at radius 2 is 1.79 bits per heavy atom. The molecule has 0 N–H and O–H groups in total. The molecule has 5 rings (SSSR count). The second-order valence-corrected chi connectivity index (χ2v) is 10.7. The van der Waals surface area contributed by atoms with Gasteiger partial charge in [-0.05, 0) is 67.6 Å². The van der Waals surface area contributed by atoms with E-state index in [9.17, 15) is 14.0 Å². The Labute approximate surface area is 233 Å². The molecule has 0 spiro atoms. The van der Waals surface area contributed by atoms with Crippen LogP contribution in [0.4, 0.5) is 8.78 Å². The third-order valence-electron chi connectivity index (χ3n) is 6.97. The van der Waals surface area contributed by atoms with Gasteiger partial charge in [0.1, 0.15) is 16.7 Å². The minimum absolute atomic E-state index is 0.0324. The maximum atomic E-state index is 15.4. The quantitative estimate of drug-likeness (QED) is 0.276. The molecule has 0 unspecified atom stereocenters. The third-order valence-corrected chi connectivity index (χ3v) is 7.55. The van der Waals surface area contributed by atoms with Crippen molar-refractivity contribution in [1.29, 1.82) is 0 Å². The fourth-order valence-corrected chi connectivity index (χ4v) is 5.30. The summed E-state index contributed by atoms with van der Waals surface area (Å²) in [7, 11) is 3.09. The van der Waals surface area contributed by atoms with Crippen LogP contribution in [0.1, 0.15) is 51.1 Å². The van der Waals surface area contributed by atoms with Crippen molar-refractivity contribution in [1.82, 2.24) is 19.4 Å². The summed E-state index contributed by atoms with van der Waals surface area (Å²) in [4.78, 5) is 35.8. The number of nitrogens with zero attached hydrogens (tertiary/aromatic N) is 4. The fourth-order valence-electron chi connectivity index (χ4n) is 4.88. The van der Waals surface area contributed by atoms with E-state index < -0.39 is 23.1 Å². The molecule has 1 aliphatic carbocycles. The Balaban J connectivity index is 1.55. The Morgan fingerprint density at radius 3 is 2.49 bits per heavy atom. The van der Waals surface area contributed by atoms with Gasteiger partial charge in [-0.1, -0.05) is 29.3 Å². The number of carbonyl (C=O) groups excluding carboxylic acids is 1. The van der Waals surface area contributed by atoms with E-state index in [1.165, 1.54) is 33.9 Å². The van der Waals surface area contributed by atoms with Gasteiger partial charge in [-0.25, -0.2) is 8.78 Å². The van der Waals surface area contributed by atoms with Crippen molar-refractivity contribution in [3.05, 3.63) is 109 Å². The molecule has 0 radical (unpaired) electrons. The SMILES string of the molecule is Cc1cnc(-c2cccc(C(=O)N(C)C)c2F)cc1-n1c(C)cc([C@H]2C[C@@H]2c2ncc(Cl)cc2F)c(Cl)c1=O. The molecule has 1 amide bonds. The van der Waals surface area contributed by atoms with Crippen LogP contribution < -0.4 is 5.56 Å². The van der Waals surface area contributed by atoms with Gasteiger partial charge in [0.25, 0.3) is 11.5 Å². The smallest absolute Gasteiger partial charge is 0.274 e. The normalized spacial score (nSPS) is 16.3. The molecule has 3 aromatic heterocycles. The highest BCUT2D eigenvalue weighted by Crippen LogP contribution is 2.56. The molecule has 200 valence electrons. The number of hydrogen-bond donors (Lipinski definition) is 0. The van der Waals surface area contributed by atoms with Crippen LogP contribution in [0.25, 0.3) is 16.9 Å². The van der Waals surface area contributed by atoms with Crippen molar-refractivity contribution in [3.63, 3.8) is 0 Å². The number of rotatable bonds is 5. The predicted molar refractivity (Wildman–Crippen MR) is 147 cm³/mol. The average molecular weight is 569 g/mol. The summed E-state index contributed by atoms with van der Waals surface area (Å²) in [5, 5.41) is 0.248. The molecular formula is C29H24Cl2F2N4O2. The second kappa shape index (κ2) is 10.2. The molecule has 10 heteroatoms. The zero-order chi connectivity index (χ0) is 28.2. The van der Waals surface area contributed by atoms with Crippen molar-refractivity contribution < 1.29 is 13.6 Å². The molecule has 3 heterocycles. The van der Waals surface area contributed by atoms with Gasteiger partial charge in [0.15, 0.2) is 0 Å². The lowest BCUT2D eigenvalue weighted by Gasteiger charge is -2.17. The number of aryl methyl sites for hydroxylation is 2. The van der Waals surface area contributed by atoms with Crippen molar-refractivity contribution in [2.45, 2.75) is 32.1 Å². The fraction of sp³-hybridized carbons (Fsp3) is 0.241. The Bertz CT molecular complexity index is 1700. The lowest BCUT2D eigenvalue weighted by atomic mass is 10.0. The summed E-state index contributed by atoms with van der Waals surface area (Å²) < 4.78 is 31.3. The zero-order valence-corrected chi connectivity index (χ0v) is 23.1. The van der Waals surface area contributed by atoms with E-state index in [4.69, 9.17) is 23.2 Å². The summed E-state index contributed by atoms with van der Waals surface area (Å²) in [6, 6.07) is 9.19. The van der Waals surface area contributed by atoms with Gasteiger partial charge >= 0.3 is 0 Å². The standard InChI is InChI=1S/C29H24Cl2F2N4O2/c1-14-12-34-23(17-6-5-7-18(26(17)33)28(38)36(3)4)11-24(14)37-15(2)8-20(25(31)29(37)39)19-10-21(19)27-22(32)9-16(30)13-35-27/h5-9,11-13,19,21H,10H2,1-4H3/t19-,21+/m1/s1. The molecular weight excluding hydrogens is 545 g/mol. The minimum Gasteiger partial charge on any atom is -0.345 e. The number of benzene rings is 1.